The summed E-state index contributed by atoms with van der Waals surface area (Å²) >= 11 is 0. The van der Waals surface area contributed by atoms with Crippen molar-refractivity contribution in [1.82, 2.24) is 15.0 Å². The van der Waals surface area contributed by atoms with Crippen LogP contribution in [0.25, 0.3) is 11.0 Å². The molecule has 0 aliphatic heterocycles. The summed E-state index contributed by atoms with van der Waals surface area (Å²) in [5, 5.41) is 0.936. The fourth-order valence-electron chi connectivity index (χ4n) is 4.50. The Balaban J connectivity index is 1.77. The summed E-state index contributed by atoms with van der Waals surface area (Å²) in [6, 6.07) is 25.0. The molecule has 0 amide bonds. The Kier molecular flexibility index (Phi) is 3.55. The largest absolute Gasteiger partial charge is 0.320 e. The van der Waals surface area contributed by atoms with Crippen molar-refractivity contribution in [2.75, 3.05) is 0 Å². The first-order valence-electron chi connectivity index (χ1n) is 9.21. The average Bonchev–Trinajstić information content (AvgIpc) is 2.74. The monoisotopic (exact) mass is 352 g/mol. The molecule has 0 bridgehead atoms. The second-order valence-corrected chi connectivity index (χ2v) is 7.24. The van der Waals surface area contributed by atoms with E-state index in [1.54, 1.807) is 12.5 Å². The molecular formula is C23H20N4. The van der Waals surface area contributed by atoms with E-state index in [1.165, 1.54) is 5.56 Å². The van der Waals surface area contributed by atoms with Crippen LogP contribution < -0.4 is 5.73 Å². The van der Waals surface area contributed by atoms with Crippen LogP contribution in [0.2, 0.25) is 0 Å². The topological polar surface area (TPSA) is 64.7 Å². The maximum absolute atomic E-state index is 7.14. The van der Waals surface area contributed by atoms with Gasteiger partial charge >= 0.3 is 0 Å². The van der Waals surface area contributed by atoms with Crippen LogP contribution >= 0.6 is 0 Å². The van der Waals surface area contributed by atoms with Gasteiger partial charge in [-0.15, -0.1) is 0 Å². The predicted octanol–water partition coefficient (Wildman–Crippen LogP) is 3.96. The van der Waals surface area contributed by atoms with Gasteiger partial charge in [-0.25, -0.2) is 15.0 Å². The van der Waals surface area contributed by atoms with Crippen molar-refractivity contribution in [2.45, 2.75) is 23.8 Å². The molecule has 132 valence electrons. The van der Waals surface area contributed by atoms with E-state index in [-0.39, 0.29) is 5.41 Å². The minimum Gasteiger partial charge on any atom is -0.320 e. The summed E-state index contributed by atoms with van der Waals surface area (Å²) in [6.07, 6.45) is 5.20. The van der Waals surface area contributed by atoms with E-state index in [4.69, 9.17) is 10.7 Å². The lowest BCUT2D eigenvalue weighted by Crippen LogP contribution is -2.64. The van der Waals surface area contributed by atoms with Crippen LogP contribution in [0, 0.1) is 0 Å². The van der Waals surface area contributed by atoms with E-state index in [9.17, 15) is 0 Å². The standard InChI is InChI=1S/C23H20N4/c24-23(19-9-5-2-6-10-19)14-13-22(23,18-7-3-1-4-8-18)20-12-11-17-15-25-16-26-21(17)27-20/h1-12,15-16H,13-14,24H2. The van der Waals surface area contributed by atoms with Gasteiger partial charge in [0, 0.05) is 11.6 Å². The number of benzene rings is 2. The van der Waals surface area contributed by atoms with E-state index in [0.717, 1.165) is 29.5 Å². The van der Waals surface area contributed by atoms with E-state index >= 15 is 0 Å². The van der Waals surface area contributed by atoms with E-state index < -0.39 is 5.54 Å². The van der Waals surface area contributed by atoms with E-state index in [2.05, 4.69) is 64.6 Å². The highest BCUT2D eigenvalue weighted by molar-refractivity contribution is 5.73. The molecule has 0 saturated heterocycles. The van der Waals surface area contributed by atoms with Crippen LogP contribution in [0.1, 0.15) is 29.7 Å². The molecule has 2 atom stereocenters. The minimum atomic E-state index is -0.511. The Morgan fingerprint density at radius 2 is 1.48 bits per heavy atom. The molecule has 4 heteroatoms. The SMILES string of the molecule is NC1(c2ccccc2)CCC1(c1ccccc1)c1ccc2cncnc2n1. The van der Waals surface area contributed by atoms with Crippen LogP contribution in [0.4, 0.5) is 0 Å². The molecule has 4 nitrogen and oxygen atoms in total. The van der Waals surface area contributed by atoms with Crippen molar-refractivity contribution in [3.05, 3.63) is 102 Å². The number of aromatic nitrogens is 3. The predicted molar refractivity (Wildman–Crippen MR) is 106 cm³/mol. The summed E-state index contributed by atoms with van der Waals surface area (Å²) < 4.78 is 0. The van der Waals surface area contributed by atoms with Gasteiger partial charge < -0.3 is 5.73 Å². The first kappa shape index (κ1) is 16.1. The zero-order valence-corrected chi connectivity index (χ0v) is 14.9. The average molecular weight is 352 g/mol. The Bertz CT molecular complexity index is 1100. The Hall–Kier alpha value is -3.11. The van der Waals surface area contributed by atoms with Crippen LogP contribution in [0.3, 0.4) is 0 Å². The zero-order chi connectivity index (χ0) is 18.3. The third-order valence-electron chi connectivity index (χ3n) is 6.01. The van der Waals surface area contributed by atoms with Crippen LogP contribution in [-0.2, 0) is 11.0 Å². The van der Waals surface area contributed by atoms with Crippen LogP contribution in [0.15, 0.2) is 85.3 Å². The number of rotatable bonds is 3. The zero-order valence-electron chi connectivity index (χ0n) is 14.9. The number of fused-ring (bicyclic) bond motifs is 1. The molecule has 2 unspecified atom stereocenters. The van der Waals surface area contributed by atoms with Crippen LogP contribution in [0.5, 0.6) is 0 Å². The molecule has 2 heterocycles. The number of hydrogen-bond donors (Lipinski definition) is 1. The molecular weight excluding hydrogens is 332 g/mol. The molecule has 0 spiro atoms. The van der Waals surface area contributed by atoms with E-state index in [0.29, 0.717) is 5.65 Å². The third-order valence-corrected chi connectivity index (χ3v) is 6.01. The summed E-state index contributed by atoms with van der Waals surface area (Å²) in [4.78, 5) is 13.4. The van der Waals surface area contributed by atoms with Gasteiger partial charge in [-0.05, 0) is 36.1 Å². The van der Waals surface area contributed by atoms with Crippen LogP contribution in [-0.4, -0.2) is 15.0 Å². The molecule has 1 aliphatic carbocycles. The second-order valence-electron chi connectivity index (χ2n) is 7.24. The normalized spacial score (nSPS) is 24.5. The van der Waals surface area contributed by atoms with Gasteiger partial charge in [-0.1, -0.05) is 60.7 Å². The van der Waals surface area contributed by atoms with Crippen molar-refractivity contribution in [2.24, 2.45) is 5.73 Å². The molecule has 2 aromatic heterocycles. The highest BCUT2D eigenvalue weighted by atomic mass is 14.9. The highest BCUT2D eigenvalue weighted by Crippen LogP contribution is 2.59. The summed E-state index contributed by atoms with van der Waals surface area (Å²) in [5.41, 5.74) is 10.3. The number of hydrogen-bond acceptors (Lipinski definition) is 4. The Labute approximate surface area is 158 Å². The van der Waals surface area contributed by atoms with Gasteiger partial charge in [0.05, 0.1) is 16.6 Å². The van der Waals surface area contributed by atoms with Gasteiger partial charge in [-0.2, -0.15) is 0 Å². The molecule has 4 aromatic rings. The lowest BCUT2D eigenvalue weighted by molar-refractivity contribution is 0.111. The maximum atomic E-state index is 7.14. The lowest BCUT2D eigenvalue weighted by atomic mass is 9.48. The number of pyridine rings is 1. The molecule has 1 saturated carbocycles. The molecule has 1 fully saturated rings. The Morgan fingerprint density at radius 3 is 2.15 bits per heavy atom. The highest BCUT2D eigenvalue weighted by Gasteiger charge is 2.60. The molecule has 5 rings (SSSR count). The fraction of sp³-hybridized carbons (Fsp3) is 0.174. The first-order chi connectivity index (χ1) is 13.2. The molecule has 2 aromatic carbocycles. The minimum absolute atomic E-state index is 0.380. The number of nitrogens with two attached hydrogens (primary N) is 1. The lowest BCUT2D eigenvalue weighted by Gasteiger charge is -2.58. The van der Waals surface area contributed by atoms with Crippen molar-refractivity contribution < 1.29 is 0 Å². The van der Waals surface area contributed by atoms with Crippen molar-refractivity contribution in [1.29, 1.82) is 0 Å². The van der Waals surface area contributed by atoms with Crippen molar-refractivity contribution >= 4 is 11.0 Å². The Morgan fingerprint density at radius 1 is 0.778 bits per heavy atom. The van der Waals surface area contributed by atoms with Gasteiger partial charge in [-0.3, -0.25) is 0 Å². The van der Waals surface area contributed by atoms with Crippen molar-refractivity contribution in [3.63, 3.8) is 0 Å². The third kappa shape index (κ3) is 2.23. The quantitative estimate of drug-likeness (QED) is 0.606. The summed E-state index contributed by atoms with van der Waals surface area (Å²) in [6.45, 7) is 0. The maximum Gasteiger partial charge on any atom is 0.162 e. The molecule has 0 radical (unpaired) electrons. The summed E-state index contributed by atoms with van der Waals surface area (Å²) in [5.74, 6) is 0. The summed E-state index contributed by atoms with van der Waals surface area (Å²) in [7, 11) is 0. The fourth-order valence-corrected chi connectivity index (χ4v) is 4.50. The van der Waals surface area contributed by atoms with E-state index in [1.807, 2.05) is 18.2 Å². The smallest absolute Gasteiger partial charge is 0.162 e. The van der Waals surface area contributed by atoms with Gasteiger partial charge in [0.1, 0.15) is 6.33 Å². The van der Waals surface area contributed by atoms with Gasteiger partial charge in [0.15, 0.2) is 5.65 Å². The molecule has 1 aliphatic rings. The molecule has 27 heavy (non-hydrogen) atoms. The van der Waals surface area contributed by atoms with Gasteiger partial charge in [0.25, 0.3) is 0 Å². The van der Waals surface area contributed by atoms with Gasteiger partial charge in [0.2, 0.25) is 0 Å². The molecule has 2 N–H and O–H groups in total. The second kappa shape index (κ2) is 5.96. The number of nitrogens with zero attached hydrogens (tertiary/aromatic N) is 3. The van der Waals surface area contributed by atoms with Crippen molar-refractivity contribution in [3.8, 4) is 0 Å². The first-order valence-corrected chi connectivity index (χ1v) is 9.21.